The van der Waals surface area contributed by atoms with Gasteiger partial charge >= 0.3 is 0 Å². The second-order valence-electron chi connectivity index (χ2n) is 17.2. The summed E-state index contributed by atoms with van der Waals surface area (Å²) in [6, 6.07) is 13.5. The van der Waals surface area contributed by atoms with E-state index in [2.05, 4.69) is 61.7 Å². The van der Waals surface area contributed by atoms with Crippen molar-refractivity contribution < 1.29 is 38.2 Å². The highest BCUT2D eigenvalue weighted by Gasteiger charge is 2.30. The third-order valence-electron chi connectivity index (χ3n) is 12.3. The van der Waals surface area contributed by atoms with E-state index in [1.165, 1.54) is 25.4 Å². The second kappa shape index (κ2) is 30.9. The van der Waals surface area contributed by atoms with Crippen LogP contribution in [0.2, 0.25) is 0 Å². The number of benzene rings is 2. The van der Waals surface area contributed by atoms with Crippen molar-refractivity contribution in [1.82, 2.24) is 35.7 Å². The maximum Gasteiger partial charge on any atom is 0.257 e. The summed E-state index contributed by atoms with van der Waals surface area (Å²) >= 11 is 0. The van der Waals surface area contributed by atoms with Crippen molar-refractivity contribution in [3.05, 3.63) is 76.7 Å². The monoisotopic (exact) mass is 967 g/mol. The van der Waals surface area contributed by atoms with Crippen LogP contribution in [0.5, 0.6) is 0 Å². The fraction of sp³-hybridized carbons (Fsp3) is 0.538. The summed E-state index contributed by atoms with van der Waals surface area (Å²) in [4.78, 5) is 89.9. The quantitative estimate of drug-likeness (QED) is 0.0525. The predicted molar refractivity (Wildman–Crippen MR) is 272 cm³/mol. The number of aldehydes is 2. The molecule has 0 aliphatic carbocycles. The molecule has 70 heavy (non-hydrogen) atoms. The lowest BCUT2D eigenvalue weighted by Crippen LogP contribution is -2.47. The average Bonchev–Trinajstić information content (AvgIpc) is 3.39. The molecule has 3 heterocycles. The molecule has 1 aromatic heterocycles. The fourth-order valence-electron chi connectivity index (χ4n) is 8.25. The number of piperidine rings is 1. The smallest absolute Gasteiger partial charge is 0.257 e. The first-order chi connectivity index (χ1) is 34.0. The molecule has 18 nitrogen and oxygen atoms in total. The predicted octanol–water partition coefficient (Wildman–Crippen LogP) is 4.50. The Hall–Kier alpha value is -6.42. The first-order valence-electron chi connectivity index (χ1n) is 24.6. The molecular weight excluding hydrogens is 893 g/mol. The summed E-state index contributed by atoms with van der Waals surface area (Å²) in [6.45, 7) is 14.0. The molecule has 2 unspecified atom stereocenters. The van der Waals surface area contributed by atoms with E-state index in [1.54, 1.807) is 25.2 Å². The van der Waals surface area contributed by atoms with Crippen molar-refractivity contribution in [3.8, 4) is 11.8 Å². The highest BCUT2D eigenvalue weighted by atomic mass is 16.5. The number of nitrogens with one attached hydrogen (secondary N) is 4. The zero-order valence-electron chi connectivity index (χ0n) is 42.0. The van der Waals surface area contributed by atoms with Crippen LogP contribution in [0.25, 0.3) is 0 Å². The molecule has 2 fully saturated rings. The minimum atomic E-state index is -0.864. The number of hydrogen-bond acceptors (Lipinski definition) is 14. The summed E-state index contributed by atoms with van der Waals surface area (Å²) in [5.74, 6) is 6.35. The van der Waals surface area contributed by atoms with E-state index >= 15 is 0 Å². The number of likely N-dealkylation sites (N-methyl/N-ethyl adjacent to an activating group) is 2. The van der Waals surface area contributed by atoms with Gasteiger partial charge in [-0.1, -0.05) is 44.2 Å². The number of likely N-dealkylation sites (tertiary alicyclic amines) is 1. The number of unbranched alkanes of at least 4 members (excludes halogenated alkanes) is 3. The van der Waals surface area contributed by atoms with Crippen molar-refractivity contribution >= 4 is 53.9 Å². The Bertz CT molecular complexity index is 2190. The van der Waals surface area contributed by atoms with Gasteiger partial charge in [-0.2, -0.15) is 0 Å². The van der Waals surface area contributed by atoms with Crippen molar-refractivity contribution in [2.24, 2.45) is 0 Å². The Morgan fingerprint density at radius 3 is 2.34 bits per heavy atom. The van der Waals surface area contributed by atoms with Crippen molar-refractivity contribution in [2.45, 2.75) is 90.3 Å². The van der Waals surface area contributed by atoms with Crippen LogP contribution in [0.3, 0.4) is 0 Å². The number of anilines is 3. The number of amides is 4. The van der Waals surface area contributed by atoms with Gasteiger partial charge in [0.25, 0.3) is 11.8 Å². The molecule has 4 amide bonds. The molecule has 2 saturated heterocycles. The molecule has 4 N–H and O–H groups in total. The van der Waals surface area contributed by atoms with Crippen LogP contribution in [0.15, 0.2) is 48.5 Å². The molecule has 2 atom stereocenters. The van der Waals surface area contributed by atoms with Crippen molar-refractivity contribution in [1.29, 1.82) is 0 Å². The number of carbonyl (C=O) groups is 6. The summed E-state index contributed by atoms with van der Waals surface area (Å²) in [5.41, 5.74) is 3.29. The van der Waals surface area contributed by atoms with Gasteiger partial charge in [0.05, 0.1) is 37.1 Å². The molecule has 3 aromatic rings. The van der Waals surface area contributed by atoms with Crippen LogP contribution in [0.1, 0.15) is 121 Å². The lowest BCUT2D eigenvalue weighted by Gasteiger charge is -2.33. The van der Waals surface area contributed by atoms with Crippen LogP contribution in [-0.4, -0.2) is 162 Å². The molecule has 5 rings (SSSR count). The van der Waals surface area contributed by atoms with Gasteiger partial charge in [-0.05, 0) is 75.8 Å². The largest absolute Gasteiger partial charge is 0.382 e. The van der Waals surface area contributed by atoms with Crippen molar-refractivity contribution in [2.75, 3.05) is 109 Å². The minimum Gasteiger partial charge on any atom is -0.382 e. The van der Waals surface area contributed by atoms with Gasteiger partial charge in [-0.3, -0.25) is 24.0 Å². The number of ether oxygens (including phenoxy) is 2. The van der Waals surface area contributed by atoms with Gasteiger partial charge in [0, 0.05) is 108 Å². The maximum atomic E-state index is 13.8. The molecule has 380 valence electrons. The second-order valence-corrected chi connectivity index (χ2v) is 17.2. The molecule has 0 radical (unpaired) electrons. The van der Waals surface area contributed by atoms with Gasteiger partial charge in [-0.25, -0.2) is 9.97 Å². The molecule has 2 aromatic carbocycles. The molecule has 0 bridgehead atoms. The Kier molecular flexibility index (Phi) is 24.8. The third-order valence-corrected chi connectivity index (χ3v) is 12.3. The lowest BCUT2D eigenvalue weighted by atomic mass is 10.00. The standard InChI is InChI=1S/C50H69N9O7.C2H5NO/c1-6-8-9-10-24-58(7-2)46-35-43(37(3)52-48(62)38-18-20-41(21-19-38)59-28-33-66-34-29-59)54-45(55-46)17-13-31-65-32-27-57-25-22-40(23-26-57)53-42-15-11-14-39(36-61)47(42)50(64)56(5)44(16-12-30-60)49(63)51-4;1-3-2-4/h11,14-15,18-21,30,35-37,40,44,53H,6-10,12,16,22-29,31-34H2,1-5H3,(H,51,63)(H,52,62);2H,1H3,(H,3,4). The molecule has 18 heteroatoms. The maximum absolute atomic E-state index is 13.8. The lowest BCUT2D eigenvalue weighted by molar-refractivity contribution is -0.125. The first-order valence-corrected chi connectivity index (χ1v) is 24.6. The Morgan fingerprint density at radius 1 is 0.971 bits per heavy atom. The topological polar surface area (TPSA) is 208 Å². The number of morpholine rings is 1. The van der Waals surface area contributed by atoms with Crippen LogP contribution in [-0.2, 0) is 23.9 Å². The Morgan fingerprint density at radius 2 is 1.70 bits per heavy atom. The summed E-state index contributed by atoms with van der Waals surface area (Å²) in [7, 11) is 4.56. The molecule has 2 aliphatic rings. The number of aromatic nitrogens is 2. The number of carbonyl (C=O) groups excluding carboxylic acids is 6. The Balaban J connectivity index is 0.00000256. The van der Waals surface area contributed by atoms with E-state index in [4.69, 9.17) is 24.2 Å². The summed E-state index contributed by atoms with van der Waals surface area (Å²) in [6.07, 6.45) is 8.43. The normalized spacial score (nSPS) is 14.6. The highest BCUT2D eigenvalue weighted by molar-refractivity contribution is 6.07. The van der Waals surface area contributed by atoms with Crippen LogP contribution < -0.4 is 31.1 Å². The van der Waals surface area contributed by atoms with E-state index in [-0.39, 0.29) is 48.4 Å². The van der Waals surface area contributed by atoms with E-state index in [0.717, 1.165) is 95.7 Å². The van der Waals surface area contributed by atoms with E-state index in [1.807, 2.05) is 37.3 Å². The van der Waals surface area contributed by atoms with Gasteiger partial charge in [0.1, 0.15) is 24.8 Å². The molecular formula is C52H74N10O8. The number of rotatable bonds is 25. The Labute approximate surface area is 414 Å². The molecule has 0 saturated carbocycles. The van der Waals surface area contributed by atoms with E-state index in [0.29, 0.717) is 55.3 Å². The average molecular weight is 967 g/mol. The van der Waals surface area contributed by atoms with E-state index in [9.17, 15) is 24.0 Å². The van der Waals surface area contributed by atoms with Gasteiger partial charge in [0.2, 0.25) is 18.1 Å². The van der Waals surface area contributed by atoms with Crippen LogP contribution in [0.4, 0.5) is 17.2 Å². The van der Waals surface area contributed by atoms with Gasteiger partial charge < -0.3 is 55.1 Å². The SMILES string of the molecule is CCCCCCN(CC)c1cc(C(C)NC(=O)c2ccc(N3CCOCC3)cc2)nc(C#CCOCCN2CCC(Nc3cccc(C=O)c3C(=O)N(C)C(CCC=O)C(=O)NC)CC2)n1.CNC=O. The number of nitrogens with zero attached hydrogens (tertiary/aromatic N) is 6. The van der Waals surface area contributed by atoms with Gasteiger partial charge in [-0.15, -0.1) is 0 Å². The number of hydrogen-bond donors (Lipinski definition) is 4. The van der Waals surface area contributed by atoms with Gasteiger partial charge in [0.15, 0.2) is 6.29 Å². The fourth-order valence-corrected chi connectivity index (χ4v) is 8.25. The zero-order chi connectivity index (χ0) is 50.7. The van der Waals surface area contributed by atoms with Crippen LogP contribution in [0, 0.1) is 11.8 Å². The first kappa shape index (κ1) is 56.2. The summed E-state index contributed by atoms with van der Waals surface area (Å²) in [5, 5.41) is 11.4. The van der Waals surface area contributed by atoms with E-state index < -0.39 is 18.0 Å². The van der Waals surface area contributed by atoms with Crippen molar-refractivity contribution in [3.63, 3.8) is 0 Å². The highest BCUT2D eigenvalue weighted by Crippen LogP contribution is 2.26. The summed E-state index contributed by atoms with van der Waals surface area (Å²) < 4.78 is 11.4. The molecule has 2 aliphatic heterocycles. The minimum absolute atomic E-state index is 0.0559. The molecule has 0 spiro atoms. The third kappa shape index (κ3) is 17.5. The zero-order valence-corrected chi connectivity index (χ0v) is 42.0. The van der Waals surface area contributed by atoms with Crippen LogP contribution >= 0.6 is 0 Å².